The molecule has 2 aliphatic rings. The van der Waals surface area contributed by atoms with Crippen molar-refractivity contribution in [2.75, 3.05) is 13.1 Å². The standard InChI is InChI=1S/C18H23N3O3S/c1-3-14-6-8-16(9-7-14)25(22,23)21-11-15-5-4-10-18(15,12-21)17-19-13(2)24-20-17/h6-9,15H,3-5,10-12H2,1-2H3/t15-,18-/m1/s1. The van der Waals surface area contributed by atoms with E-state index in [-0.39, 0.29) is 11.3 Å². The number of fused-ring (bicyclic) bond motifs is 1. The zero-order valence-corrected chi connectivity index (χ0v) is 15.4. The first-order valence-corrected chi connectivity index (χ1v) is 10.3. The number of aryl methyl sites for hydroxylation is 2. The van der Waals surface area contributed by atoms with Crippen molar-refractivity contribution in [2.45, 2.75) is 49.8 Å². The molecule has 1 aliphatic carbocycles. The maximum absolute atomic E-state index is 13.1. The summed E-state index contributed by atoms with van der Waals surface area (Å²) in [5.41, 5.74) is 0.838. The Morgan fingerprint density at radius 3 is 2.72 bits per heavy atom. The van der Waals surface area contributed by atoms with Crippen molar-refractivity contribution in [1.82, 2.24) is 14.4 Å². The van der Waals surface area contributed by atoms with Crippen LogP contribution in [0.15, 0.2) is 33.7 Å². The number of rotatable bonds is 4. The van der Waals surface area contributed by atoms with E-state index in [1.54, 1.807) is 23.4 Å². The third kappa shape index (κ3) is 2.60. The van der Waals surface area contributed by atoms with Gasteiger partial charge in [0.25, 0.3) is 0 Å². The van der Waals surface area contributed by atoms with E-state index >= 15 is 0 Å². The van der Waals surface area contributed by atoms with Gasteiger partial charge in [-0.1, -0.05) is 30.6 Å². The average Bonchev–Trinajstić information content (AvgIpc) is 3.28. The average molecular weight is 361 g/mol. The Kier molecular flexibility index (Phi) is 3.96. The summed E-state index contributed by atoms with van der Waals surface area (Å²) in [4.78, 5) is 4.80. The van der Waals surface area contributed by atoms with Crippen molar-refractivity contribution < 1.29 is 12.9 Å². The van der Waals surface area contributed by atoms with Crippen LogP contribution in [0.3, 0.4) is 0 Å². The second kappa shape index (κ2) is 5.92. The van der Waals surface area contributed by atoms with Gasteiger partial charge >= 0.3 is 0 Å². The molecular formula is C18H23N3O3S. The summed E-state index contributed by atoms with van der Waals surface area (Å²) in [7, 11) is -3.50. The Labute approximate surface area is 148 Å². The summed E-state index contributed by atoms with van der Waals surface area (Å²) in [5.74, 6) is 1.47. The summed E-state index contributed by atoms with van der Waals surface area (Å²) >= 11 is 0. The zero-order chi connectivity index (χ0) is 17.7. The first kappa shape index (κ1) is 16.7. The minimum atomic E-state index is -3.50. The number of benzene rings is 1. The van der Waals surface area contributed by atoms with Crippen LogP contribution in [-0.2, 0) is 21.9 Å². The number of sulfonamides is 1. The normalized spacial score (nSPS) is 26.9. The first-order chi connectivity index (χ1) is 12.0. The van der Waals surface area contributed by atoms with Gasteiger partial charge in [-0.15, -0.1) is 0 Å². The van der Waals surface area contributed by atoms with Crippen LogP contribution in [0.2, 0.25) is 0 Å². The summed E-state index contributed by atoms with van der Waals surface area (Å²) < 4.78 is 33.0. The van der Waals surface area contributed by atoms with E-state index in [1.807, 2.05) is 12.1 Å². The maximum Gasteiger partial charge on any atom is 0.243 e. The van der Waals surface area contributed by atoms with Crippen LogP contribution in [-0.4, -0.2) is 36.0 Å². The fourth-order valence-corrected chi connectivity index (χ4v) is 5.89. The molecule has 0 N–H and O–H groups in total. The molecule has 1 saturated carbocycles. The van der Waals surface area contributed by atoms with E-state index in [4.69, 9.17) is 4.52 Å². The Morgan fingerprint density at radius 1 is 1.32 bits per heavy atom. The van der Waals surface area contributed by atoms with Crippen LogP contribution in [0, 0.1) is 12.8 Å². The smallest absolute Gasteiger partial charge is 0.243 e. The third-order valence-corrected chi connectivity index (χ3v) is 7.61. The van der Waals surface area contributed by atoms with Crippen molar-refractivity contribution >= 4 is 10.0 Å². The number of nitrogens with zero attached hydrogens (tertiary/aromatic N) is 3. The molecule has 4 rings (SSSR count). The van der Waals surface area contributed by atoms with Crippen LogP contribution in [0.5, 0.6) is 0 Å². The minimum absolute atomic E-state index is 0.259. The summed E-state index contributed by atoms with van der Waals surface area (Å²) in [6, 6.07) is 7.21. The predicted molar refractivity (Wildman–Crippen MR) is 92.6 cm³/mol. The molecule has 134 valence electrons. The molecule has 7 heteroatoms. The molecule has 1 aromatic heterocycles. The van der Waals surface area contributed by atoms with E-state index in [0.29, 0.717) is 29.7 Å². The highest BCUT2D eigenvalue weighted by Crippen LogP contribution is 2.50. The number of aromatic nitrogens is 2. The van der Waals surface area contributed by atoms with Crippen molar-refractivity contribution in [3.05, 3.63) is 41.5 Å². The van der Waals surface area contributed by atoms with Crippen LogP contribution in [0.4, 0.5) is 0 Å². The van der Waals surface area contributed by atoms with Crippen molar-refractivity contribution in [3.8, 4) is 0 Å². The zero-order valence-electron chi connectivity index (χ0n) is 14.6. The van der Waals surface area contributed by atoms with Gasteiger partial charge in [-0.2, -0.15) is 9.29 Å². The lowest BCUT2D eigenvalue weighted by Crippen LogP contribution is -2.35. The Balaban J connectivity index is 1.66. The van der Waals surface area contributed by atoms with Gasteiger partial charge in [0.1, 0.15) is 0 Å². The van der Waals surface area contributed by atoms with Crippen molar-refractivity contribution in [3.63, 3.8) is 0 Å². The van der Waals surface area contributed by atoms with Crippen molar-refractivity contribution in [2.24, 2.45) is 5.92 Å². The molecule has 2 atom stereocenters. The molecule has 1 aromatic carbocycles. The van der Waals surface area contributed by atoms with Gasteiger partial charge in [-0.05, 0) is 42.9 Å². The van der Waals surface area contributed by atoms with Crippen LogP contribution < -0.4 is 0 Å². The fraction of sp³-hybridized carbons (Fsp3) is 0.556. The van der Waals surface area contributed by atoms with Gasteiger partial charge < -0.3 is 4.52 Å². The largest absolute Gasteiger partial charge is 0.340 e. The van der Waals surface area contributed by atoms with E-state index in [2.05, 4.69) is 17.1 Å². The van der Waals surface area contributed by atoms with E-state index in [9.17, 15) is 8.42 Å². The molecule has 6 nitrogen and oxygen atoms in total. The Morgan fingerprint density at radius 2 is 2.08 bits per heavy atom. The molecule has 2 aromatic rings. The highest BCUT2D eigenvalue weighted by molar-refractivity contribution is 7.89. The molecule has 0 radical (unpaired) electrons. The van der Waals surface area contributed by atoms with Gasteiger partial charge in [-0.25, -0.2) is 8.42 Å². The molecule has 25 heavy (non-hydrogen) atoms. The van der Waals surface area contributed by atoms with Crippen LogP contribution in [0.25, 0.3) is 0 Å². The molecular weight excluding hydrogens is 338 g/mol. The van der Waals surface area contributed by atoms with E-state index in [0.717, 1.165) is 31.2 Å². The van der Waals surface area contributed by atoms with Gasteiger partial charge in [-0.3, -0.25) is 0 Å². The third-order valence-electron chi connectivity index (χ3n) is 5.78. The Hall–Kier alpha value is -1.73. The molecule has 2 fully saturated rings. The number of hydrogen-bond donors (Lipinski definition) is 0. The lowest BCUT2D eigenvalue weighted by Gasteiger charge is -2.24. The van der Waals surface area contributed by atoms with Crippen LogP contribution >= 0.6 is 0 Å². The number of hydrogen-bond acceptors (Lipinski definition) is 5. The summed E-state index contributed by atoms with van der Waals surface area (Å²) in [6.45, 7) is 4.80. The molecule has 2 heterocycles. The van der Waals surface area contributed by atoms with Crippen LogP contribution in [0.1, 0.15) is 43.5 Å². The highest BCUT2D eigenvalue weighted by Gasteiger charge is 2.55. The second-order valence-corrected chi connectivity index (χ2v) is 9.12. The first-order valence-electron chi connectivity index (χ1n) is 8.85. The van der Waals surface area contributed by atoms with Gasteiger partial charge in [0.2, 0.25) is 15.9 Å². The molecule has 0 unspecified atom stereocenters. The minimum Gasteiger partial charge on any atom is -0.340 e. The van der Waals surface area contributed by atoms with Gasteiger partial charge in [0.05, 0.1) is 10.3 Å². The van der Waals surface area contributed by atoms with Gasteiger partial charge in [0, 0.05) is 20.0 Å². The lowest BCUT2D eigenvalue weighted by atomic mass is 9.80. The molecule has 1 saturated heterocycles. The molecule has 0 spiro atoms. The van der Waals surface area contributed by atoms with E-state index in [1.165, 1.54) is 0 Å². The second-order valence-electron chi connectivity index (χ2n) is 7.18. The Bertz CT molecular complexity index is 875. The SMILES string of the molecule is CCc1ccc(S(=O)(=O)N2C[C@H]3CCC[C@@]3(c3noc(C)n3)C2)cc1. The lowest BCUT2D eigenvalue weighted by molar-refractivity contribution is 0.332. The monoisotopic (exact) mass is 361 g/mol. The fourth-order valence-electron chi connectivity index (χ4n) is 4.34. The molecule has 0 bridgehead atoms. The molecule has 1 aliphatic heterocycles. The maximum atomic E-state index is 13.1. The quantitative estimate of drug-likeness (QED) is 0.837. The van der Waals surface area contributed by atoms with E-state index < -0.39 is 10.0 Å². The summed E-state index contributed by atoms with van der Waals surface area (Å²) in [6.07, 6.45) is 3.90. The topological polar surface area (TPSA) is 76.3 Å². The van der Waals surface area contributed by atoms with Crippen molar-refractivity contribution in [1.29, 1.82) is 0 Å². The predicted octanol–water partition coefficient (Wildman–Crippen LogP) is 2.68. The molecule has 0 amide bonds. The summed E-state index contributed by atoms with van der Waals surface area (Å²) in [5, 5.41) is 4.14. The van der Waals surface area contributed by atoms with Gasteiger partial charge in [0.15, 0.2) is 5.82 Å². The highest BCUT2D eigenvalue weighted by atomic mass is 32.2.